The van der Waals surface area contributed by atoms with E-state index < -0.39 is 11.9 Å². The van der Waals surface area contributed by atoms with Gasteiger partial charge in [-0.3, -0.25) is 9.59 Å². The molecule has 0 aromatic heterocycles. The number of phenols is 2. The van der Waals surface area contributed by atoms with Crippen molar-refractivity contribution in [2.45, 2.75) is 0 Å². The third kappa shape index (κ3) is 9.52. The molecule has 41 heavy (non-hydrogen) atoms. The number of carboxylic acids is 2. The smallest absolute Gasteiger partial charge is 0.339 e. The average Bonchev–Trinajstić information content (AvgIpc) is 2.91. The van der Waals surface area contributed by atoms with Gasteiger partial charge >= 0.3 is 11.9 Å². The van der Waals surface area contributed by atoms with Gasteiger partial charge in [0, 0.05) is 63.4 Å². The van der Waals surface area contributed by atoms with Crippen molar-refractivity contribution in [1.82, 2.24) is 0 Å². The summed E-state index contributed by atoms with van der Waals surface area (Å²) in [4.78, 5) is 45.0. The van der Waals surface area contributed by atoms with Gasteiger partial charge in [0.1, 0.15) is 22.6 Å². The zero-order chi connectivity index (χ0) is 29.4. The van der Waals surface area contributed by atoms with Crippen molar-refractivity contribution < 1.29 is 59.1 Å². The second kappa shape index (κ2) is 15.1. The molecule has 13 heteroatoms. The van der Waals surface area contributed by atoms with Gasteiger partial charge in [0.15, 0.2) is 11.6 Å². The molecule has 0 atom stereocenters. The van der Waals surface area contributed by atoms with E-state index in [1.54, 1.807) is 24.3 Å². The van der Waals surface area contributed by atoms with Crippen LogP contribution in [-0.2, 0) is 29.1 Å². The summed E-state index contributed by atoms with van der Waals surface area (Å²) in [7, 11) is 0. The molecule has 0 bridgehead atoms. The summed E-state index contributed by atoms with van der Waals surface area (Å²) in [6.45, 7) is 0. The summed E-state index contributed by atoms with van der Waals surface area (Å²) < 4.78 is 1.53. The number of halogens is 2. The van der Waals surface area contributed by atoms with Crippen molar-refractivity contribution >= 4 is 66.7 Å². The van der Waals surface area contributed by atoms with Crippen LogP contribution in [0.15, 0.2) is 105 Å². The molecular weight excluding hydrogens is 718 g/mol. The molecule has 206 valence electrons. The Labute approximate surface area is 263 Å². The molecular formula is C28H20Br2N2O8Zn. The Kier molecular flexibility index (Phi) is 12.2. The molecule has 2 aliphatic carbocycles. The molecule has 0 saturated carbocycles. The van der Waals surface area contributed by atoms with Crippen LogP contribution in [0.5, 0.6) is 11.5 Å². The van der Waals surface area contributed by atoms with Crippen LogP contribution in [0.1, 0.15) is 20.7 Å². The van der Waals surface area contributed by atoms with E-state index in [1.165, 1.54) is 61.0 Å². The SMILES string of the molecule is O=C1C=CC(Br)=C/C1=C/Nc1ccc(O)c(C(=O)O)c1.O=C1C=CC(Br)=C/C1=C\Nc1ccc(O)c(C(=O)O)c1.[Zn]. The number of allylic oxidation sites excluding steroid dienone is 10. The van der Waals surface area contributed by atoms with Crippen LogP contribution in [-0.4, -0.2) is 43.9 Å². The number of carboxylic acid groups (broad SMARTS) is 2. The quantitative estimate of drug-likeness (QED) is 0.124. The number of carbonyl (C=O) groups excluding carboxylic acids is 2. The first kappa shape index (κ1) is 33.2. The maximum atomic E-state index is 11.6. The number of rotatable bonds is 6. The van der Waals surface area contributed by atoms with Crippen LogP contribution in [0.3, 0.4) is 0 Å². The first-order chi connectivity index (χ1) is 18.9. The summed E-state index contributed by atoms with van der Waals surface area (Å²) in [6, 6.07) is 8.16. The summed E-state index contributed by atoms with van der Waals surface area (Å²) >= 11 is 6.53. The monoisotopic (exact) mass is 734 g/mol. The molecule has 4 rings (SSSR count). The maximum Gasteiger partial charge on any atom is 0.339 e. The Bertz CT molecular complexity index is 1470. The van der Waals surface area contributed by atoms with E-state index in [2.05, 4.69) is 42.5 Å². The Balaban J connectivity index is 0.000000280. The molecule has 10 nitrogen and oxygen atoms in total. The number of aromatic hydroxyl groups is 2. The molecule has 6 N–H and O–H groups in total. The van der Waals surface area contributed by atoms with E-state index in [-0.39, 0.29) is 53.7 Å². The van der Waals surface area contributed by atoms with Gasteiger partial charge in [-0.05, 0) is 72.9 Å². The van der Waals surface area contributed by atoms with E-state index in [4.69, 9.17) is 10.2 Å². The predicted octanol–water partition coefficient (Wildman–Crippen LogP) is 5.61. The van der Waals surface area contributed by atoms with Crippen molar-refractivity contribution in [2.75, 3.05) is 10.6 Å². The average molecular weight is 738 g/mol. The van der Waals surface area contributed by atoms with Crippen molar-refractivity contribution in [3.8, 4) is 11.5 Å². The molecule has 0 unspecified atom stereocenters. The van der Waals surface area contributed by atoms with Gasteiger partial charge in [0.25, 0.3) is 0 Å². The van der Waals surface area contributed by atoms with Crippen LogP contribution < -0.4 is 10.6 Å². The number of ketones is 2. The molecule has 0 saturated heterocycles. The topological polar surface area (TPSA) is 173 Å². The predicted molar refractivity (Wildman–Crippen MR) is 156 cm³/mol. The fourth-order valence-corrected chi connectivity index (χ4v) is 3.94. The van der Waals surface area contributed by atoms with Crippen LogP contribution in [0.4, 0.5) is 11.4 Å². The van der Waals surface area contributed by atoms with Gasteiger partial charge in [-0.1, -0.05) is 31.9 Å². The molecule has 0 amide bonds. The number of hydrogen-bond acceptors (Lipinski definition) is 8. The maximum absolute atomic E-state index is 11.6. The molecule has 0 heterocycles. The van der Waals surface area contributed by atoms with Gasteiger partial charge in [-0.15, -0.1) is 0 Å². The van der Waals surface area contributed by atoms with E-state index in [0.29, 0.717) is 22.5 Å². The third-order valence-electron chi connectivity index (χ3n) is 5.19. The summed E-state index contributed by atoms with van der Waals surface area (Å²) in [6.07, 6.45) is 12.4. The first-order valence-electron chi connectivity index (χ1n) is 11.2. The molecule has 2 aliphatic rings. The zero-order valence-corrected chi connectivity index (χ0v) is 27.1. The van der Waals surface area contributed by atoms with E-state index in [0.717, 1.165) is 8.96 Å². The van der Waals surface area contributed by atoms with Crippen LogP contribution in [0, 0.1) is 0 Å². The Morgan fingerprint density at radius 2 is 1.02 bits per heavy atom. The van der Waals surface area contributed by atoms with E-state index >= 15 is 0 Å². The van der Waals surface area contributed by atoms with Crippen LogP contribution in [0.25, 0.3) is 0 Å². The summed E-state index contributed by atoms with van der Waals surface area (Å²) in [5.41, 5.74) is 1.37. The fraction of sp³-hybridized carbons (Fsp3) is 0. The van der Waals surface area contributed by atoms with Crippen molar-refractivity contribution in [2.24, 2.45) is 0 Å². The van der Waals surface area contributed by atoms with Gasteiger partial charge < -0.3 is 31.1 Å². The summed E-state index contributed by atoms with van der Waals surface area (Å²) in [5.74, 6) is -3.38. The number of benzene rings is 2. The van der Waals surface area contributed by atoms with Crippen LogP contribution in [0.2, 0.25) is 0 Å². The largest absolute Gasteiger partial charge is 0.507 e. The number of nitrogens with one attached hydrogen (secondary N) is 2. The minimum Gasteiger partial charge on any atom is -0.507 e. The Morgan fingerprint density at radius 1 is 0.659 bits per heavy atom. The van der Waals surface area contributed by atoms with E-state index in [1.807, 2.05) is 0 Å². The molecule has 2 aromatic carbocycles. The molecule has 0 spiro atoms. The number of aromatic carboxylic acids is 2. The second-order valence-electron chi connectivity index (χ2n) is 8.02. The zero-order valence-electron chi connectivity index (χ0n) is 21.0. The van der Waals surface area contributed by atoms with E-state index in [9.17, 15) is 29.4 Å². The molecule has 2 aromatic rings. The fourth-order valence-electron chi connectivity index (χ4n) is 3.18. The Morgan fingerprint density at radius 3 is 1.37 bits per heavy atom. The number of carbonyl (C=O) groups is 4. The van der Waals surface area contributed by atoms with Gasteiger partial charge in [-0.2, -0.15) is 0 Å². The number of anilines is 2. The minimum atomic E-state index is -1.22. The van der Waals surface area contributed by atoms with Crippen molar-refractivity contribution in [3.05, 3.63) is 116 Å². The molecule has 0 fully saturated rings. The van der Waals surface area contributed by atoms with Gasteiger partial charge in [0.2, 0.25) is 0 Å². The van der Waals surface area contributed by atoms with Gasteiger partial charge in [0.05, 0.1) is 0 Å². The van der Waals surface area contributed by atoms with Crippen molar-refractivity contribution in [3.63, 3.8) is 0 Å². The van der Waals surface area contributed by atoms with Crippen molar-refractivity contribution in [1.29, 1.82) is 0 Å². The number of hydrogen-bond donors (Lipinski definition) is 6. The first-order valence-corrected chi connectivity index (χ1v) is 12.8. The Hall–Kier alpha value is -4.06. The molecule has 0 aliphatic heterocycles. The normalized spacial score (nSPS) is 15.8. The van der Waals surface area contributed by atoms with Gasteiger partial charge in [-0.25, -0.2) is 9.59 Å². The second-order valence-corrected chi connectivity index (χ2v) is 9.85. The summed E-state index contributed by atoms with van der Waals surface area (Å²) in [5, 5.41) is 42.3. The molecule has 0 radical (unpaired) electrons. The van der Waals surface area contributed by atoms with Crippen LogP contribution >= 0.6 is 31.9 Å². The standard InChI is InChI=1S/2C14H10BrNO4.Zn/c2*15-9-1-3-12(17)8(5-9)7-16-10-2-4-13(18)11(6-10)14(19)20;/h2*1-7,16,18H,(H,19,20);/b8-7+;8-7-;. The minimum absolute atomic E-state index is 0. The third-order valence-corrected chi connectivity index (χ3v) is 6.17.